The maximum Gasteiger partial charge on any atom is 0.318 e. The number of aryl methyl sites for hydroxylation is 1. The molecular weight excluding hydrogens is 608 g/mol. The number of methoxy groups -OCH3 is 1. The predicted molar refractivity (Wildman–Crippen MR) is 172 cm³/mol. The van der Waals surface area contributed by atoms with E-state index in [4.69, 9.17) is 14.5 Å². The van der Waals surface area contributed by atoms with Crippen molar-refractivity contribution in [3.63, 3.8) is 0 Å². The average molecular weight is 633 g/mol. The van der Waals surface area contributed by atoms with E-state index >= 15 is 0 Å². The topological polar surface area (TPSA) is 139 Å². The summed E-state index contributed by atoms with van der Waals surface area (Å²) in [6.07, 6.45) is 3.26. The molecule has 0 fully saturated rings. The Hall–Kier alpha value is -5.88. The number of non-ortho nitro benzene ring substituents is 1. The summed E-state index contributed by atoms with van der Waals surface area (Å²) < 4.78 is 13.5. The molecular formula is C34H24N4O7S. The summed E-state index contributed by atoms with van der Waals surface area (Å²) in [5.41, 5.74) is 4.44. The molecule has 0 radical (unpaired) electrons. The van der Waals surface area contributed by atoms with E-state index in [1.807, 2.05) is 36.4 Å². The smallest absolute Gasteiger partial charge is 0.318 e. The van der Waals surface area contributed by atoms with Gasteiger partial charge in [0.2, 0.25) is 5.75 Å². The first kappa shape index (κ1) is 28.9. The predicted octanol–water partition coefficient (Wildman–Crippen LogP) is 5.94. The minimum atomic E-state index is -0.734. The zero-order valence-corrected chi connectivity index (χ0v) is 25.1. The van der Waals surface area contributed by atoms with Gasteiger partial charge in [0.15, 0.2) is 4.80 Å². The zero-order valence-electron chi connectivity index (χ0n) is 24.3. The van der Waals surface area contributed by atoms with Gasteiger partial charge < -0.3 is 9.47 Å². The second kappa shape index (κ2) is 11.6. The van der Waals surface area contributed by atoms with Crippen molar-refractivity contribution in [1.82, 2.24) is 4.57 Å². The Morgan fingerprint density at radius 3 is 2.43 bits per heavy atom. The molecule has 4 aromatic carbocycles. The number of ether oxygens (including phenoxy) is 2. The lowest BCUT2D eigenvalue weighted by Crippen LogP contribution is -2.38. The summed E-state index contributed by atoms with van der Waals surface area (Å²) in [5, 5.41) is 22.9. The molecule has 0 saturated carbocycles. The Morgan fingerprint density at radius 2 is 1.67 bits per heavy atom. The van der Waals surface area contributed by atoms with Crippen molar-refractivity contribution in [3.8, 4) is 17.2 Å². The third kappa shape index (κ3) is 5.04. The van der Waals surface area contributed by atoms with Gasteiger partial charge in [-0.25, -0.2) is 4.99 Å². The van der Waals surface area contributed by atoms with Crippen LogP contribution < -0.4 is 24.4 Å². The van der Waals surface area contributed by atoms with Crippen LogP contribution >= 0.6 is 11.3 Å². The van der Waals surface area contributed by atoms with E-state index in [0.29, 0.717) is 20.6 Å². The highest BCUT2D eigenvalue weighted by molar-refractivity contribution is 7.07. The number of nitrogens with zero attached hydrogens (tertiary/aromatic N) is 4. The van der Waals surface area contributed by atoms with Crippen molar-refractivity contribution in [3.05, 3.63) is 159 Å². The number of nitro groups is 2. The normalized spacial score (nSPS) is 15.3. The Labute approximate surface area is 264 Å². The Bertz CT molecular complexity index is 2270. The first-order valence-electron chi connectivity index (χ1n) is 14.3. The minimum Gasteiger partial charge on any atom is -0.497 e. The third-order valence-electron chi connectivity index (χ3n) is 8.08. The van der Waals surface area contributed by atoms with Crippen molar-refractivity contribution in [1.29, 1.82) is 0 Å². The van der Waals surface area contributed by atoms with E-state index in [0.717, 1.165) is 47.4 Å². The van der Waals surface area contributed by atoms with Crippen molar-refractivity contribution in [2.75, 3.05) is 7.11 Å². The molecule has 5 aromatic rings. The number of allylic oxidation sites excluding steroid dienone is 1. The Kier molecular flexibility index (Phi) is 7.26. The molecule has 0 spiro atoms. The second-order valence-corrected chi connectivity index (χ2v) is 11.7. The molecule has 46 heavy (non-hydrogen) atoms. The van der Waals surface area contributed by atoms with Gasteiger partial charge in [0.1, 0.15) is 11.5 Å². The van der Waals surface area contributed by atoms with Gasteiger partial charge in [-0.2, -0.15) is 0 Å². The molecule has 228 valence electrons. The van der Waals surface area contributed by atoms with Crippen LogP contribution in [0.15, 0.2) is 106 Å². The molecule has 0 saturated heterocycles. The quantitative estimate of drug-likeness (QED) is 0.160. The molecule has 0 unspecified atom stereocenters. The third-order valence-corrected chi connectivity index (χ3v) is 9.06. The number of hydrogen-bond acceptors (Lipinski definition) is 9. The maximum atomic E-state index is 14.2. The van der Waals surface area contributed by atoms with Gasteiger partial charge in [0, 0.05) is 17.2 Å². The van der Waals surface area contributed by atoms with Crippen LogP contribution in [0.3, 0.4) is 0 Å². The summed E-state index contributed by atoms with van der Waals surface area (Å²) in [5.74, 6) is 0.790. The first-order chi connectivity index (χ1) is 22.3. The second-order valence-electron chi connectivity index (χ2n) is 10.7. The van der Waals surface area contributed by atoms with Crippen LogP contribution in [0.25, 0.3) is 11.8 Å². The van der Waals surface area contributed by atoms with Gasteiger partial charge in [-0.05, 0) is 59.9 Å². The molecule has 7 rings (SSSR count). The fourth-order valence-electron chi connectivity index (χ4n) is 5.91. The largest absolute Gasteiger partial charge is 0.497 e. The van der Waals surface area contributed by atoms with Gasteiger partial charge in [-0.3, -0.25) is 29.6 Å². The van der Waals surface area contributed by atoms with Crippen molar-refractivity contribution >= 4 is 34.5 Å². The number of aromatic nitrogens is 1. The van der Waals surface area contributed by atoms with E-state index in [1.54, 1.807) is 42.0 Å². The van der Waals surface area contributed by atoms with Crippen LogP contribution in [0.1, 0.15) is 34.7 Å². The van der Waals surface area contributed by atoms with Crippen LogP contribution in [0.5, 0.6) is 17.2 Å². The van der Waals surface area contributed by atoms with Crippen molar-refractivity contribution in [2.45, 2.75) is 18.9 Å². The number of benzene rings is 4. The van der Waals surface area contributed by atoms with E-state index in [-0.39, 0.29) is 23.1 Å². The molecule has 2 aliphatic rings. The van der Waals surface area contributed by atoms with Crippen LogP contribution in [0, 0.1) is 20.2 Å². The summed E-state index contributed by atoms with van der Waals surface area (Å²) in [6.45, 7) is 0. The summed E-state index contributed by atoms with van der Waals surface area (Å²) in [4.78, 5) is 41.3. The number of para-hydroxylation sites is 1. The highest BCUT2D eigenvalue weighted by Gasteiger charge is 2.32. The van der Waals surface area contributed by atoms with Gasteiger partial charge in [0.05, 0.1) is 39.3 Å². The summed E-state index contributed by atoms with van der Waals surface area (Å²) in [6, 6.07) is 25.5. The van der Waals surface area contributed by atoms with Crippen LogP contribution in [-0.2, 0) is 6.42 Å². The van der Waals surface area contributed by atoms with Crippen LogP contribution in [-0.4, -0.2) is 21.5 Å². The highest BCUT2D eigenvalue weighted by Crippen LogP contribution is 2.41. The van der Waals surface area contributed by atoms with E-state index in [9.17, 15) is 25.0 Å². The number of fused-ring (bicyclic) bond motifs is 3. The molecule has 11 nitrogen and oxygen atoms in total. The minimum absolute atomic E-state index is 0.163. The molecule has 1 aromatic heterocycles. The Morgan fingerprint density at radius 1 is 0.913 bits per heavy atom. The standard InChI is InChI=1S/C34H24N4O7S/c1-44-24-14-10-21(11-15-24)32-26-16-12-20-6-2-4-8-25(20)31(26)35-34-36(32)33(39)30(46-34)18-22-7-3-5-9-28(22)45-29-17-13-23(37(40)41)19-27(29)38(42)43/h2-11,13-15,17-19,32H,12,16H2,1H3/b30-18-/t32-/m1/s1. The van der Waals surface area contributed by atoms with E-state index < -0.39 is 21.2 Å². The fraction of sp³-hybridized carbons (Fsp3) is 0.118. The molecule has 1 aliphatic heterocycles. The van der Waals surface area contributed by atoms with Gasteiger partial charge >= 0.3 is 5.69 Å². The number of thiazole rings is 1. The van der Waals surface area contributed by atoms with E-state index in [2.05, 4.69) is 12.1 Å². The summed E-state index contributed by atoms with van der Waals surface area (Å²) >= 11 is 1.25. The van der Waals surface area contributed by atoms with Crippen molar-refractivity contribution in [2.24, 2.45) is 4.99 Å². The van der Waals surface area contributed by atoms with Crippen LogP contribution in [0.4, 0.5) is 11.4 Å². The summed E-state index contributed by atoms with van der Waals surface area (Å²) in [7, 11) is 1.61. The number of hydrogen-bond donors (Lipinski definition) is 0. The molecule has 0 amide bonds. The first-order valence-corrected chi connectivity index (χ1v) is 15.1. The monoisotopic (exact) mass is 632 g/mol. The lowest BCUT2D eigenvalue weighted by atomic mass is 9.83. The lowest BCUT2D eigenvalue weighted by Gasteiger charge is -2.30. The van der Waals surface area contributed by atoms with E-state index in [1.165, 1.54) is 23.0 Å². The highest BCUT2D eigenvalue weighted by atomic mass is 32.1. The molecule has 0 bridgehead atoms. The van der Waals surface area contributed by atoms with Gasteiger partial charge in [-0.1, -0.05) is 65.9 Å². The van der Waals surface area contributed by atoms with Crippen LogP contribution in [0.2, 0.25) is 0 Å². The van der Waals surface area contributed by atoms with Gasteiger partial charge in [-0.15, -0.1) is 0 Å². The maximum absolute atomic E-state index is 14.2. The molecule has 2 heterocycles. The molecule has 1 aliphatic carbocycles. The number of rotatable bonds is 7. The Balaban J connectivity index is 1.37. The lowest BCUT2D eigenvalue weighted by molar-refractivity contribution is -0.394. The fourth-order valence-corrected chi connectivity index (χ4v) is 6.90. The molecule has 0 N–H and O–H groups in total. The van der Waals surface area contributed by atoms with Gasteiger partial charge in [0.25, 0.3) is 11.2 Å². The molecule has 1 atom stereocenters. The van der Waals surface area contributed by atoms with Crippen molar-refractivity contribution < 1.29 is 19.3 Å². The SMILES string of the molecule is COc1ccc([C@@H]2C3=C(N=c4s/c(=C\c5ccccc5Oc5ccc([N+](=O)[O-])cc5[N+](=O)[O-])c(=O)n42)c2ccccc2CC3)cc1. The average Bonchev–Trinajstić information content (AvgIpc) is 3.38. The number of nitro benzene ring substituents is 2. The zero-order chi connectivity index (χ0) is 31.9. The molecule has 12 heteroatoms.